The van der Waals surface area contributed by atoms with E-state index in [-0.39, 0.29) is 0 Å². The second-order valence-corrected chi connectivity index (χ2v) is 15.4. The van der Waals surface area contributed by atoms with Crippen LogP contribution in [0.1, 0.15) is 107 Å². The maximum absolute atomic E-state index is 4.87. The Morgan fingerprint density at radius 1 is 0.446 bits per heavy atom. The van der Waals surface area contributed by atoms with Crippen LogP contribution in [0, 0.1) is 41.5 Å². The maximum Gasteiger partial charge on any atom is 0.159 e. The second kappa shape index (κ2) is 13.8. The fourth-order valence-corrected chi connectivity index (χ4v) is 8.46. The van der Waals surface area contributed by atoms with Gasteiger partial charge in [-0.1, -0.05) is 24.3 Å². The Hall–Kier alpha value is -6.18. The van der Waals surface area contributed by atoms with E-state index in [0.29, 0.717) is 23.7 Å². The minimum atomic E-state index is 0.426. The van der Waals surface area contributed by atoms with E-state index in [2.05, 4.69) is 102 Å². The highest BCUT2D eigenvalue weighted by Gasteiger charge is 2.37. The molecule has 2 fully saturated rings. The first-order chi connectivity index (χ1) is 27.0. The summed E-state index contributed by atoms with van der Waals surface area (Å²) in [5.74, 6) is 10.5. The molecular formula is C42H46N14. The summed E-state index contributed by atoms with van der Waals surface area (Å²) in [6.07, 6.45) is 4.23. The lowest BCUT2D eigenvalue weighted by Gasteiger charge is -2.34. The van der Waals surface area contributed by atoms with Crippen molar-refractivity contribution in [3.63, 3.8) is 0 Å². The van der Waals surface area contributed by atoms with E-state index in [1.165, 1.54) is 22.7 Å². The van der Waals surface area contributed by atoms with Crippen molar-refractivity contribution >= 4 is 22.1 Å². The van der Waals surface area contributed by atoms with Crippen LogP contribution in [0.2, 0.25) is 0 Å². The third kappa shape index (κ3) is 6.42. The SMILES string of the molecule is Cc1nc(C2CC(c3nc4ccccc4n3C)C2)cc(-n2nc(C)nc2C)n1.Cc1nc(C2CC(c3nc4ccccc4n3C)C2)cc(-n2nc(C)nc2C)n1. The van der Waals surface area contributed by atoms with E-state index >= 15 is 0 Å². The summed E-state index contributed by atoms with van der Waals surface area (Å²) >= 11 is 0. The fraction of sp³-hybridized carbons (Fsp3) is 0.381. The molecule has 6 heterocycles. The Balaban J connectivity index is 0.000000146. The standard InChI is InChI=1S/2C21H23N7/c2*1-12-23-18(11-20(24-12)28-14(3)22-13(2)26-28)15-9-16(10-15)21-25-17-7-5-6-8-19(17)27(21)4/h2*5-8,11,15-16H,9-10H2,1-4H3. The molecule has 0 bridgehead atoms. The van der Waals surface area contributed by atoms with Crippen LogP contribution in [0.25, 0.3) is 33.7 Å². The molecule has 0 amide bonds. The Labute approximate surface area is 325 Å². The molecule has 10 rings (SSSR count). The average Bonchev–Trinajstić information content (AvgIpc) is 3.86. The molecule has 0 radical (unpaired) electrons. The third-order valence-corrected chi connectivity index (χ3v) is 11.4. The molecule has 2 aliphatic carbocycles. The van der Waals surface area contributed by atoms with E-state index in [4.69, 9.17) is 19.9 Å². The van der Waals surface area contributed by atoms with Crippen LogP contribution >= 0.6 is 0 Å². The first-order valence-electron chi connectivity index (χ1n) is 19.3. The van der Waals surface area contributed by atoms with Gasteiger partial charge in [0.05, 0.1) is 22.1 Å². The fourth-order valence-electron chi connectivity index (χ4n) is 8.46. The molecule has 2 aromatic carbocycles. The number of hydrogen-bond acceptors (Lipinski definition) is 10. The number of imidazole rings is 2. The van der Waals surface area contributed by atoms with Gasteiger partial charge >= 0.3 is 0 Å². The van der Waals surface area contributed by atoms with Gasteiger partial charge in [-0.25, -0.2) is 39.9 Å². The van der Waals surface area contributed by atoms with Gasteiger partial charge in [-0.05, 0) is 91.5 Å². The van der Waals surface area contributed by atoms with Crippen LogP contribution in [0.4, 0.5) is 0 Å². The van der Waals surface area contributed by atoms with E-state index < -0.39 is 0 Å². The molecular weight excluding hydrogens is 701 g/mol. The molecule has 14 heteroatoms. The summed E-state index contributed by atoms with van der Waals surface area (Å²) in [5, 5.41) is 8.93. The predicted octanol–water partition coefficient (Wildman–Crippen LogP) is 7.06. The van der Waals surface area contributed by atoms with E-state index in [9.17, 15) is 0 Å². The Morgan fingerprint density at radius 3 is 1.20 bits per heavy atom. The largest absolute Gasteiger partial charge is 0.331 e. The predicted molar refractivity (Wildman–Crippen MR) is 213 cm³/mol. The molecule has 0 atom stereocenters. The first-order valence-corrected chi connectivity index (χ1v) is 19.3. The van der Waals surface area contributed by atoms with E-state index in [1.807, 2.05) is 53.7 Å². The zero-order chi connectivity index (χ0) is 38.8. The van der Waals surface area contributed by atoms with Gasteiger partial charge in [0.1, 0.15) is 46.6 Å². The molecule has 0 saturated heterocycles. The number of benzene rings is 2. The third-order valence-electron chi connectivity index (χ3n) is 11.4. The number of nitrogens with zero attached hydrogens (tertiary/aromatic N) is 14. The number of rotatable bonds is 6. The number of hydrogen-bond donors (Lipinski definition) is 0. The van der Waals surface area contributed by atoms with Crippen LogP contribution < -0.4 is 0 Å². The summed E-state index contributed by atoms with van der Waals surface area (Å²) in [7, 11) is 4.22. The smallest absolute Gasteiger partial charge is 0.159 e. The van der Waals surface area contributed by atoms with Crippen molar-refractivity contribution in [2.75, 3.05) is 0 Å². The normalized spacial score (nSPS) is 19.1. The van der Waals surface area contributed by atoms with Crippen molar-refractivity contribution in [2.45, 2.75) is 90.9 Å². The highest BCUT2D eigenvalue weighted by atomic mass is 15.4. The van der Waals surface area contributed by atoms with Gasteiger partial charge in [0, 0.05) is 61.3 Å². The molecule has 56 heavy (non-hydrogen) atoms. The highest BCUT2D eigenvalue weighted by Crippen LogP contribution is 2.48. The van der Waals surface area contributed by atoms with Crippen molar-refractivity contribution in [1.29, 1.82) is 0 Å². The Bertz CT molecular complexity index is 2550. The second-order valence-electron chi connectivity index (χ2n) is 15.4. The minimum absolute atomic E-state index is 0.426. The summed E-state index contributed by atoms with van der Waals surface area (Å²) in [5.41, 5.74) is 6.70. The first kappa shape index (κ1) is 35.5. The van der Waals surface area contributed by atoms with E-state index in [1.54, 1.807) is 9.36 Å². The molecule has 14 nitrogen and oxygen atoms in total. The average molecular weight is 747 g/mol. The molecule has 0 N–H and O–H groups in total. The zero-order valence-corrected chi connectivity index (χ0v) is 33.2. The number of aromatic nitrogens is 14. The lowest BCUT2D eigenvalue weighted by atomic mass is 9.72. The van der Waals surface area contributed by atoms with Gasteiger partial charge in [0.25, 0.3) is 0 Å². The molecule has 0 aliphatic heterocycles. The molecule has 2 saturated carbocycles. The maximum atomic E-state index is 4.87. The monoisotopic (exact) mass is 746 g/mol. The topological polar surface area (TPSA) is 149 Å². The van der Waals surface area contributed by atoms with Gasteiger partial charge in [-0.15, -0.1) is 10.2 Å². The van der Waals surface area contributed by atoms with Crippen LogP contribution in [0.5, 0.6) is 0 Å². The van der Waals surface area contributed by atoms with Crippen LogP contribution in [0.3, 0.4) is 0 Å². The summed E-state index contributed by atoms with van der Waals surface area (Å²) in [6.45, 7) is 11.6. The van der Waals surface area contributed by atoms with Gasteiger partial charge in [-0.3, -0.25) is 0 Å². The summed E-state index contributed by atoms with van der Waals surface area (Å²) in [6, 6.07) is 20.8. The lowest BCUT2D eigenvalue weighted by molar-refractivity contribution is 0.326. The molecule has 8 aromatic rings. The Morgan fingerprint density at radius 2 is 0.839 bits per heavy atom. The van der Waals surface area contributed by atoms with Gasteiger partial charge in [-0.2, -0.15) is 9.36 Å². The van der Waals surface area contributed by atoms with Crippen LogP contribution in [0.15, 0.2) is 60.7 Å². The van der Waals surface area contributed by atoms with Crippen LogP contribution in [-0.2, 0) is 14.1 Å². The highest BCUT2D eigenvalue weighted by molar-refractivity contribution is 5.76. The van der Waals surface area contributed by atoms with Gasteiger partial charge in [0.2, 0.25) is 0 Å². The van der Waals surface area contributed by atoms with Gasteiger partial charge < -0.3 is 9.13 Å². The lowest BCUT2D eigenvalue weighted by Crippen LogP contribution is -2.24. The zero-order valence-electron chi connectivity index (χ0n) is 33.2. The molecule has 0 spiro atoms. The van der Waals surface area contributed by atoms with Crippen molar-refractivity contribution in [3.05, 3.63) is 119 Å². The van der Waals surface area contributed by atoms with Crippen LogP contribution in [-0.4, -0.2) is 68.6 Å². The number of fused-ring (bicyclic) bond motifs is 2. The van der Waals surface area contributed by atoms with Crippen molar-refractivity contribution in [1.82, 2.24) is 68.6 Å². The van der Waals surface area contributed by atoms with E-state index in [0.717, 1.165) is 94.7 Å². The van der Waals surface area contributed by atoms with Crippen molar-refractivity contribution in [2.24, 2.45) is 14.1 Å². The Kier molecular flexibility index (Phi) is 8.78. The summed E-state index contributed by atoms with van der Waals surface area (Å²) in [4.78, 5) is 37.1. The van der Waals surface area contributed by atoms with Gasteiger partial charge in [0.15, 0.2) is 11.6 Å². The molecule has 284 valence electrons. The molecule has 6 aromatic heterocycles. The quantitative estimate of drug-likeness (QED) is 0.173. The summed E-state index contributed by atoms with van der Waals surface area (Å²) < 4.78 is 8.06. The molecule has 0 unspecified atom stereocenters. The van der Waals surface area contributed by atoms with Crippen molar-refractivity contribution < 1.29 is 0 Å². The minimum Gasteiger partial charge on any atom is -0.331 e. The number of para-hydroxylation sites is 4. The number of aryl methyl sites for hydroxylation is 8. The van der Waals surface area contributed by atoms with Crippen molar-refractivity contribution in [3.8, 4) is 11.6 Å². The molecule has 2 aliphatic rings.